The minimum Gasteiger partial charge on any atom is -0.399 e. The van der Waals surface area contributed by atoms with Gasteiger partial charge in [0.25, 0.3) is 0 Å². The third-order valence-electron chi connectivity index (χ3n) is 2.83. The van der Waals surface area contributed by atoms with Crippen LogP contribution in [0.2, 0.25) is 0 Å². The summed E-state index contributed by atoms with van der Waals surface area (Å²) in [6.07, 6.45) is 0. The fourth-order valence-electron chi connectivity index (χ4n) is 1.80. The van der Waals surface area contributed by atoms with Crippen molar-refractivity contribution in [1.29, 1.82) is 0 Å². The molecule has 0 aromatic heterocycles. The van der Waals surface area contributed by atoms with E-state index in [0.717, 1.165) is 4.90 Å². The summed E-state index contributed by atoms with van der Waals surface area (Å²) in [5.41, 5.74) is 7.37. The molecule has 2 aromatic carbocycles. The molecule has 21 heavy (non-hydrogen) atoms. The Kier molecular flexibility index (Phi) is 5.00. The van der Waals surface area contributed by atoms with E-state index in [1.807, 2.05) is 12.1 Å². The third-order valence-corrected chi connectivity index (χ3v) is 3.84. The van der Waals surface area contributed by atoms with E-state index in [1.54, 1.807) is 36.4 Å². The molecule has 0 saturated carbocycles. The van der Waals surface area contributed by atoms with Gasteiger partial charge in [0, 0.05) is 16.1 Å². The normalized spacial score (nSPS) is 10.1. The highest BCUT2D eigenvalue weighted by Gasteiger charge is 2.09. The van der Waals surface area contributed by atoms with Gasteiger partial charge in [0.05, 0.1) is 11.4 Å². The number of anilines is 2. The van der Waals surface area contributed by atoms with E-state index < -0.39 is 0 Å². The molecule has 0 aliphatic rings. The highest BCUT2D eigenvalue weighted by atomic mass is 32.2. The van der Waals surface area contributed by atoms with Gasteiger partial charge in [-0.25, -0.2) is 0 Å². The van der Waals surface area contributed by atoms with Crippen LogP contribution < -0.4 is 11.1 Å². The van der Waals surface area contributed by atoms with Gasteiger partial charge < -0.3 is 11.1 Å². The number of thioether (sulfide) groups is 1. The maximum Gasteiger partial charge on any atom is 0.234 e. The van der Waals surface area contributed by atoms with Crippen LogP contribution in [0.3, 0.4) is 0 Å². The Morgan fingerprint density at radius 3 is 2.43 bits per heavy atom. The van der Waals surface area contributed by atoms with E-state index in [9.17, 15) is 9.59 Å². The van der Waals surface area contributed by atoms with Crippen molar-refractivity contribution < 1.29 is 9.59 Å². The van der Waals surface area contributed by atoms with Crippen LogP contribution in [-0.4, -0.2) is 17.4 Å². The average molecular weight is 300 g/mol. The van der Waals surface area contributed by atoms with Gasteiger partial charge in [0.15, 0.2) is 5.78 Å². The number of nitrogen functional groups attached to an aromatic ring is 1. The number of benzene rings is 2. The van der Waals surface area contributed by atoms with Crippen molar-refractivity contribution in [2.24, 2.45) is 0 Å². The number of hydrogen-bond acceptors (Lipinski definition) is 4. The van der Waals surface area contributed by atoms with Crippen LogP contribution in [0, 0.1) is 0 Å². The summed E-state index contributed by atoms with van der Waals surface area (Å²) in [5.74, 6) is 0.0542. The standard InChI is InChI=1S/C16H16N2O2S/c1-11(19)14-4-2-3-5-15(14)18-16(20)10-21-13-8-6-12(17)7-9-13/h2-9H,10,17H2,1H3,(H,18,20). The number of carbonyl (C=O) groups is 2. The molecular weight excluding hydrogens is 284 g/mol. The van der Waals surface area contributed by atoms with Gasteiger partial charge in [-0.15, -0.1) is 11.8 Å². The third kappa shape index (κ3) is 4.36. The fraction of sp³-hybridized carbons (Fsp3) is 0.125. The molecule has 0 spiro atoms. The van der Waals surface area contributed by atoms with E-state index in [4.69, 9.17) is 5.73 Å². The molecule has 0 bridgehead atoms. The maximum absolute atomic E-state index is 12.0. The molecule has 1 amide bonds. The molecule has 0 fully saturated rings. The molecule has 0 saturated heterocycles. The summed E-state index contributed by atoms with van der Waals surface area (Å²) in [7, 11) is 0. The summed E-state index contributed by atoms with van der Waals surface area (Å²) >= 11 is 1.42. The predicted molar refractivity (Wildman–Crippen MR) is 86.7 cm³/mol. The van der Waals surface area contributed by atoms with Crippen LogP contribution in [0.25, 0.3) is 0 Å². The van der Waals surface area contributed by atoms with E-state index in [0.29, 0.717) is 16.9 Å². The van der Waals surface area contributed by atoms with Gasteiger partial charge >= 0.3 is 0 Å². The number of ketones is 1. The van der Waals surface area contributed by atoms with E-state index in [2.05, 4.69) is 5.32 Å². The molecule has 0 aliphatic heterocycles. The lowest BCUT2D eigenvalue weighted by molar-refractivity contribution is -0.113. The van der Waals surface area contributed by atoms with Crippen molar-refractivity contribution in [2.45, 2.75) is 11.8 Å². The van der Waals surface area contributed by atoms with Crippen LogP contribution in [0.5, 0.6) is 0 Å². The van der Waals surface area contributed by atoms with Crippen molar-refractivity contribution in [2.75, 3.05) is 16.8 Å². The van der Waals surface area contributed by atoms with Crippen molar-refractivity contribution in [3.63, 3.8) is 0 Å². The number of nitrogens with one attached hydrogen (secondary N) is 1. The summed E-state index contributed by atoms with van der Waals surface area (Å²) in [6.45, 7) is 1.48. The minimum absolute atomic E-state index is 0.0721. The Morgan fingerprint density at radius 2 is 1.76 bits per heavy atom. The Hall–Kier alpha value is -2.27. The summed E-state index contributed by atoms with van der Waals surface area (Å²) in [4.78, 5) is 24.4. The molecule has 0 heterocycles. The number of nitrogens with two attached hydrogens (primary N) is 1. The summed E-state index contributed by atoms with van der Waals surface area (Å²) in [6, 6.07) is 14.3. The van der Waals surface area contributed by atoms with Gasteiger partial charge in [0.2, 0.25) is 5.91 Å². The lowest BCUT2D eigenvalue weighted by Gasteiger charge is -2.08. The van der Waals surface area contributed by atoms with Crippen molar-refractivity contribution >= 4 is 34.8 Å². The molecule has 0 unspecified atom stereocenters. The highest BCUT2D eigenvalue weighted by molar-refractivity contribution is 8.00. The fourth-order valence-corrected chi connectivity index (χ4v) is 2.50. The second-order valence-electron chi connectivity index (χ2n) is 4.51. The van der Waals surface area contributed by atoms with E-state index >= 15 is 0 Å². The Morgan fingerprint density at radius 1 is 1.10 bits per heavy atom. The van der Waals surface area contributed by atoms with Crippen LogP contribution >= 0.6 is 11.8 Å². The van der Waals surface area contributed by atoms with Crippen LogP contribution in [0.15, 0.2) is 53.4 Å². The van der Waals surface area contributed by atoms with Crippen LogP contribution in [-0.2, 0) is 4.79 Å². The van der Waals surface area contributed by atoms with Gasteiger partial charge in [-0.2, -0.15) is 0 Å². The molecule has 0 aliphatic carbocycles. The minimum atomic E-state index is -0.148. The number of carbonyl (C=O) groups excluding carboxylic acids is 2. The predicted octanol–water partition coefficient (Wildman–Crippen LogP) is 3.20. The lowest BCUT2D eigenvalue weighted by Crippen LogP contribution is -2.16. The Balaban J connectivity index is 1.96. The monoisotopic (exact) mass is 300 g/mol. The first kappa shape index (κ1) is 15.1. The first-order valence-corrected chi connectivity index (χ1v) is 7.43. The smallest absolute Gasteiger partial charge is 0.234 e. The molecule has 3 N–H and O–H groups in total. The lowest BCUT2D eigenvalue weighted by atomic mass is 10.1. The van der Waals surface area contributed by atoms with E-state index in [1.165, 1.54) is 18.7 Å². The topological polar surface area (TPSA) is 72.2 Å². The Bertz CT molecular complexity index is 654. The first-order chi connectivity index (χ1) is 10.1. The summed E-state index contributed by atoms with van der Waals surface area (Å²) < 4.78 is 0. The molecule has 0 radical (unpaired) electrons. The number of amides is 1. The first-order valence-electron chi connectivity index (χ1n) is 6.44. The quantitative estimate of drug-likeness (QED) is 0.505. The van der Waals surface area contributed by atoms with Crippen LogP contribution in [0.4, 0.5) is 11.4 Å². The van der Waals surface area contributed by atoms with E-state index in [-0.39, 0.29) is 17.4 Å². The molecule has 5 heteroatoms. The van der Waals surface area contributed by atoms with Crippen molar-refractivity contribution in [1.82, 2.24) is 0 Å². The Labute approximate surface area is 127 Å². The zero-order valence-corrected chi connectivity index (χ0v) is 12.4. The molecule has 2 rings (SSSR count). The van der Waals surface area contributed by atoms with Crippen LogP contribution in [0.1, 0.15) is 17.3 Å². The molecule has 108 valence electrons. The zero-order valence-electron chi connectivity index (χ0n) is 11.6. The molecule has 2 aromatic rings. The second-order valence-corrected chi connectivity index (χ2v) is 5.56. The van der Waals surface area contributed by atoms with Gasteiger partial charge in [-0.1, -0.05) is 12.1 Å². The summed E-state index contributed by atoms with van der Waals surface area (Å²) in [5, 5.41) is 2.77. The molecular formula is C16H16N2O2S. The van der Waals surface area contributed by atoms with Gasteiger partial charge in [-0.3, -0.25) is 9.59 Å². The van der Waals surface area contributed by atoms with Gasteiger partial charge in [0.1, 0.15) is 0 Å². The zero-order chi connectivity index (χ0) is 15.2. The second kappa shape index (κ2) is 6.95. The van der Waals surface area contributed by atoms with Crippen molar-refractivity contribution in [3.05, 3.63) is 54.1 Å². The SMILES string of the molecule is CC(=O)c1ccccc1NC(=O)CSc1ccc(N)cc1. The number of rotatable bonds is 5. The van der Waals surface area contributed by atoms with Crippen molar-refractivity contribution in [3.8, 4) is 0 Å². The highest BCUT2D eigenvalue weighted by Crippen LogP contribution is 2.20. The number of Topliss-reactive ketones (excluding diaryl/α,β-unsaturated/α-hetero) is 1. The number of hydrogen-bond donors (Lipinski definition) is 2. The van der Waals surface area contributed by atoms with Gasteiger partial charge in [-0.05, 0) is 43.3 Å². The maximum atomic E-state index is 12.0. The largest absolute Gasteiger partial charge is 0.399 e. The average Bonchev–Trinajstić information content (AvgIpc) is 2.47. The number of para-hydroxylation sites is 1. The molecule has 0 atom stereocenters. The molecule has 4 nitrogen and oxygen atoms in total.